The van der Waals surface area contributed by atoms with Gasteiger partial charge in [0, 0.05) is 0 Å². The van der Waals surface area contributed by atoms with Gasteiger partial charge in [-0.3, -0.25) is 4.72 Å². The Morgan fingerprint density at radius 3 is 2.12 bits per heavy atom. The van der Waals surface area contributed by atoms with Gasteiger partial charge in [0.25, 0.3) is 10.0 Å². The first-order valence-corrected chi connectivity index (χ1v) is 9.37. The molecule has 0 atom stereocenters. The highest BCUT2D eigenvalue weighted by Gasteiger charge is 2.18. The predicted molar refractivity (Wildman–Crippen MR) is 101 cm³/mol. The molecule has 0 saturated heterocycles. The molecule has 0 amide bonds. The van der Waals surface area contributed by atoms with Gasteiger partial charge in [0.05, 0.1) is 16.1 Å². The minimum atomic E-state index is -3.89. The number of carboxylic acids is 1. The topological polar surface area (TPSA) is 83.5 Å². The summed E-state index contributed by atoms with van der Waals surface area (Å²) in [4.78, 5) is 11.4. The lowest BCUT2D eigenvalue weighted by Crippen LogP contribution is -2.15. The molecule has 0 aliphatic carbocycles. The van der Waals surface area contributed by atoms with Crippen molar-refractivity contribution in [3.8, 4) is 11.1 Å². The number of hydrogen-bond donors (Lipinski definition) is 2. The summed E-state index contributed by atoms with van der Waals surface area (Å²) in [6, 6.07) is 20.6. The van der Waals surface area contributed by atoms with Crippen LogP contribution < -0.4 is 4.72 Å². The van der Waals surface area contributed by atoms with E-state index in [-0.39, 0.29) is 16.1 Å². The third-order valence-corrected chi connectivity index (χ3v) is 5.30. The van der Waals surface area contributed by atoms with Crippen LogP contribution in [-0.2, 0) is 10.0 Å². The Balaban J connectivity index is 1.91. The Morgan fingerprint density at radius 2 is 1.50 bits per heavy atom. The number of aryl methyl sites for hydroxylation is 1. The number of benzene rings is 3. The van der Waals surface area contributed by atoms with Gasteiger partial charge in [0.2, 0.25) is 0 Å². The highest BCUT2D eigenvalue weighted by Crippen LogP contribution is 2.24. The summed E-state index contributed by atoms with van der Waals surface area (Å²) in [6.07, 6.45) is 0. The molecule has 0 saturated carbocycles. The van der Waals surface area contributed by atoms with E-state index in [0.717, 1.165) is 16.7 Å². The van der Waals surface area contributed by atoms with E-state index in [2.05, 4.69) is 4.72 Å². The smallest absolute Gasteiger partial charge is 0.337 e. The maximum Gasteiger partial charge on any atom is 0.337 e. The van der Waals surface area contributed by atoms with Crippen LogP contribution in [0, 0.1) is 6.92 Å². The molecule has 6 heteroatoms. The zero-order valence-electron chi connectivity index (χ0n) is 14.0. The van der Waals surface area contributed by atoms with Gasteiger partial charge in [0.15, 0.2) is 0 Å². The summed E-state index contributed by atoms with van der Waals surface area (Å²) in [5.74, 6) is -1.19. The van der Waals surface area contributed by atoms with Crippen LogP contribution in [-0.4, -0.2) is 19.5 Å². The summed E-state index contributed by atoms with van der Waals surface area (Å²) < 4.78 is 27.6. The molecule has 0 aliphatic heterocycles. The molecular weight excluding hydrogens is 350 g/mol. The molecule has 0 fully saturated rings. The number of sulfonamides is 1. The fourth-order valence-electron chi connectivity index (χ4n) is 2.58. The van der Waals surface area contributed by atoms with Gasteiger partial charge in [-0.25, -0.2) is 13.2 Å². The molecule has 5 nitrogen and oxygen atoms in total. The second kappa shape index (κ2) is 7.01. The van der Waals surface area contributed by atoms with Crippen LogP contribution in [0.3, 0.4) is 0 Å². The van der Waals surface area contributed by atoms with Crippen molar-refractivity contribution >= 4 is 21.7 Å². The maximum atomic E-state index is 12.6. The van der Waals surface area contributed by atoms with Gasteiger partial charge >= 0.3 is 5.97 Å². The Hall–Kier alpha value is -3.12. The molecular formula is C20H17NO4S. The minimum absolute atomic E-state index is 0.0373. The third-order valence-electron chi connectivity index (χ3n) is 3.92. The first kappa shape index (κ1) is 17.7. The number of nitrogens with one attached hydrogen (secondary N) is 1. The highest BCUT2D eigenvalue weighted by molar-refractivity contribution is 7.92. The number of anilines is 1. The van der Waals surface area contributed by atoms with Gasteiger partial charge in [-0.2, -0.15) is 0 Å². The maximum absolute atomic E-state index is 12.6. The molecule has 3 aromatic carbocycles. The number of aromatic carboxylic acids is 1. The number of rotatable bonds is 5. The predicted octanol–water partition coefficient (Wildman–Crippen LogP) is 4.16. The fourth-order valence-corrected chi connectivity index (χ4v) is 3.66. The first-order chi connectivity index (χ1) is 12.4. The highest BCUT2D eigenvalue weighted by atomic mass is 32.2. The molecule has 3 aromatic rings. The van der Waals surface area contributed by atoms with Crippen LogP contribution in [0.5, 0.6) is 0 Å². The van der Waals surface area contributed by atoms with Crippen LogP contribution in [0.1, 0.15) is 15.9 Å². The molecule has 0 unspecified atom stereocenters. The number of carboxylic acid groups (broad SMARTS) is 1. The van der Waals surface area contributed by atoms with Crippen molar-refractivity contribution < 1.29 is 18.3 Å². The lowest BCUT2D eigenvalue weighted by atomic mass is 10.1. The lowest BCUT2D eigenvalue weighted by Gasteiger charge is -2.12. The SMILES string of the molecule is Cc1ccc(NS(=O)(=O)c2ccc(-c3ccccc3)cc2)c(C(=O)O)c1. The summed E-state index contributed by atoms with van der Waals surface area (Å²) in [5, 5.41) is 9.29. The Kier molecular flexibility index (Phi) is 4.77. The molecule has 0 spiro atoms. The van der Waals surface area contributed by atoms with Crippen molar-refractivity contribution in [1.29, 1.82) is 0 Å². The van der Waals surface area contributed by atoms with E-state index in [1.165, 1.54) is 24.3 Å². The van der Waals surface area contributed by atoms with Gasteiger partial charge in [-0.1, -0.05) is 54.1 Å². The van der Waals surface area contributed by atoms with Gasteiger partial charge < -0.3 is 5.11 Å². The van der Waals surface area contributed by atoms with Crippen molar-refractivity contribution in [2.75, 3.05) is 4.72 Å². The molecule has 0 aromatic heterocycles. The van der Waals surface area contributed by atoms with E-state index in [1.54, 1.807) is 25.1 Å². The Morgan fingerprint density at radius 1 is 0.885 bits per heavy atom. The van der Waals surface area contributed by atoms with Crippen LogP contribution >= 0.6 is 0 Å². The first-order valence-electron chi connectivity index (χ1n) is 7.89. The normalized spacial score (nSPS) is 11.1. The standard InChI is InChI=1S/C20H17NO4S/c1-14-7-12-19(18(13-14)20(22)23)21-26(24,25)17-10-8-16(9-11-17)15-5-3-2-4-6-15/h2-13,21H,1H3,(H,22,23). The zero-order chi connectivity index (χ0) is 18.7. The molecule has 0 radical (unpaired) electrons. The van der Waals surface area contributed by atoms with Gasteiger partial charge in [-0.15, -0.1) is 0 Å². The van der Waals surface area contributed by atoms with Crippen LogP contribution in [0.4, 0.5) is 5.69 Å². The van der Waals surface area contributed by atoms with Crippen LogP contribution in [0.2, 0.25) is 0 Å². The third kappa shape index (κ3) is 3.75. The summed E-state index contributed by atoms with van der Waals surface area (Å²) >= 11 is 0. The van der Waals surface area contributed by atoms with Gasteiger partial charge in [-0.05, 0) is 42.3 Å². The van der Waals surface area contributed by atoms with Crippen LogP contribution in [0.25, 0.3) is 11.1 Å². The lowest BCUT2D eigenvalue weighted by molar-refractivity contribution is 0.0698. The number of hydrogen-bond acceptors (Lipinski definition) is 3. The second-order valence-corrected chi connectivity index (χ2v) is 7.53. The molecule has 26 heavy (non-hydrogen) atoms. The summed E-state index contributed by atoms with van der Waals surface area (Å²) in [5.41, 5.74) is 2.56. The van der Waals surface area contributed by atoms with E-state index in [4.69, 9.17) is 0 Å². The average Bonchev–Trinajstić information content (AvgIpc) is 2.64. The fraction of sp³-hybridized carbons (Fsp3) is 0.0500. The van der Waals surface area contributed by atoms with Crippen molar-refractivity contribution in [1.82, 2.24) is 0 Å². The largest absolute Gasteiger partial charge is 0.478 e. The molecule has 3 rings (SSSR count). The van der Waals surface area contributed by atoms with E-state index in [0.29, 0.717) is 0 Å². The van der Waals surface area contributed by atoms with Crippen molar-refractivity contribution in [2.45, 2.75) is 11.8 Å². The summed E-state index contributed by atoms with van der Waals surface area (Å²) in [7, 11) is -3.89. The molecule has 0 heterocycles. The van der Waals surface area contributed by atoms with Crippen molar-refractivity contribution in [3.63, 3.8) is 0 Å². The van der Waals surface area contributed by atoms with E-state index >= 15 is 0 Å². The van der Waals surface area contributed by atoms with Crippen molar-refractivity contribution in [3.05, 3.63) is 83.9 Å². The monoisotopic (exact) mass is 367 g/mol. The Labute approximate surface area is 152 Å². The zero-order valence-corrected chi connectivity index (χ0v) is 14.8. The summed E-state index contributed by atoms with van der Waals surface area (Å²) in [6.45, 7) is 1.74. The van der Waals surface area contributed by atoms with Crippen LogP contribution in [0.15, 0.2) is 77.7 Å². The Bertz CT molecular complexity index is 1040. The van der Waals surface area contributed by atoms with Crippen molar-refractivity contribution in [2.24, 2.45) is 0 Å². The molecule has 0 aliphatic rings. The number of carbonyl (C=O) groups is 1. The average molecular weight is 367 g/mol. The second-order valence-electron chi connectivity index (χ2n) is 5.85. The van der Waals surface area contributed by atoms with E-state index < -0.39 is 16.0 Å². The molecule has 132 valence electrons. The van der Waals surface area contributed by atoms with E-state index in [9.17, 15) is 18.3 Å². The van der Waals surface area contributed by atoms with Gasteiger partial charge in [0.1, 0.15) is 0 Å². The van der Waals surface area contributed by atoms with E-state index in [1.807, 2.05) is 30.3 Å². The molecule has 2 N–H and O–H groups in total. The minimum Gasteiger partial charge on any atom is -0.478 e. The molecule has 0 bridgehead atoms. The quantitative estimate of drug-likeness (QED) is 0.709.